The minimum Gasteiger partial charge on any atom is -0.326 e. The van der Waals surface area contributed by atoms with E-state index in [1.54, 1.807) is 0 Å². The predicted molar refractivity (Wildman–Crippen MR) is 113 cm³/mol. The Morgan fingerprint density at radius 2 is 1.63 bits per heavy atom. The molecule has 2 aromatic carbocycles. The summed E-state index contributed by atoms with van der Waals surface area (Å²) in [4.78, 5) is 42.4. The number of anilines is 2. The van der Waals surface area contributed by atoms with Crippen LogP contribution in [0.4, 0.5) is 11.4 Å². The molecule has 6 nitrogen and oxygen atoms in total. The first-order valence-corrected chi connectivity index (χ1v) is 10.5. The molecule has 3 heterocycles. The van der Waals surface area contributed by atoms with E-state index in [0.717, 1.165) is 22.4 Å². The highest BCUT2D eigenvalue weighted by molar-refractivity contribution is 6.25. The van der Waals surface area contributed by atoms with E-state index in [0.29, 0.717) is 5.69 Å². The molecule has 2 aromatic rings. The second kappa shape index (κ2) is 6.25. The molecule has 0 aromatic heterocycles. The van der Waals surface area contributed by atoms with Crippen molar-refractivity contribution in [3.63, 3.8) is 0 Å². The maximum absolute atomic E-state index is 13.9. The lowest BCUT2D eigenvalue weighted by Crippen LogP contribution is -2.99. The third-order valence-electron chi connectivity index (χ3n) is 7.14. The monoisotopic (exact) mass is 404 g/mol. The average Bonchev–Trinajstić information content (AvgIpc) is 3.29. The summed E-state index contributed by atoms with van der Waals surface area (Å²) in [7, 11) is 0. The van der Waals surface area contributed by atoms with Crippen LogP contribution in [0, 0.1) is 31.6 Å². The van der Waals surface area contributed by atoms with Crippen molar-refractivity contribution < 1.29 is 19.7 Å². The Morgan fingerprint density at radius 1 is 0.967 bits per heavy atom. The molecule has 2 saturated heterocycles. The largest absolute Gasteiger partial charge is 0.326 e. The van der Waals surface area contributed by atoms with Crippen molar-refractivity contribution in [3.8, 4) is 0 Å². The molecule has 154 valence electrons. The van der Waals surface area contributed by atoms with E-state index in [1.807, 2.05) is 61.6 Å². The lowest BCUT2D eigenvalue weighted by atomic mass is 9.76. The lowest BCUT2D eigenvalue weighted by Gasteiger charge is -2.28. The highest BCUT2D eigenvalue weighted by Crippen LogP contribution is 2.51. The first-order valence-electron chi connectivity index (χ1n) is 10.5. The number of rotatable bonds is 2. The van der Waals surface area contributed by atoms with Crippen LogP contribution in [-0.4, -0.2) is 23.8 Å². The molecule has 0 radical (unpaired) electrons. The van der Waals surface area contributed by atoms with Gasteiger partial charge in [0.15, 0.2) is 0 Å². The first-order chi connectivity index (χ1) is 14.3. The van der Waals surface area contributed by atoms with Crippen LogP contribution in [0.5, 0.6) is 0 Å². The number of quaternary nitrogens is 1. The van der Waals surface area contributed by atoms with Crippen LogP contribution in [-0.2, 0) is 19.9 Å². The quantitative estimate of drug-likeness (QED) is 0.750. The maximum atomic E-state index is 13.9. The van der Waals surface area contributed by atoms with Crippen LogP contribution in [0.2, 0.25) is 0 Å². The van der Waals surface area contributed by atoms with Crippen LogP contribution < -0.4 is 15.5 Å². The number of hydrogen-bond acceptors (Lipinski definition) is 3. The average molecular weight is 404 g/mol. The molecule has 1 spiro atoms. The van der Waals surface area contributed by atoms with Crippen molar-refractivity contribution in [1.29, 1.82) is 0 Å². The minimum atomic E-state index is -1.10. The van der Waals surface area contributed by atoms with Gasteiger partial charge in [-0.05, 0) is 31.0 Å². The van der Waals surface area contributed by atoms with E-state index in [1.165, 1.54) is 4.90 Å². The summed E-state index contributed by atoms with van der Waals surface area (Å²) in [5.41, 5.74) is 2.85. The zero-order valence-corrected chi connectivity index (χ0v) is 17.6. The van der Waals surface area contributed by atoms with Gasteiger partial charge in [0.2, 0.25) is 17.4 Å². The van der Waals surface area contributed by atoms with E-state index in [-0.39, 0.29) is 29.7 Å². The lowest BCUT2D eigenvalue weighted by molar-refractivity contribution is -0.738. The second-order valence-electron chi connectivity index (χ2n) is 9.11. The van der Waals surface area contributed by atoms with Gasteiger partial charge in [-0.3, -0.25) is 14.4 Å². The molecular formula is C24H26N3O3+. The molecule has 5 rings (SSSR count). The number of fused-ring (bicyclic) bond motifs is 4. The van der Waals surface area contributed by atoms with Crippen LogP contribution in [0.15, 0.2) is 42.5 Å². The summed E-state index contributed by atoms with van der Waals surface area (Å²) in [6.07, 6.45) is 0. The van der Waals surface area contributed by atoms with Crippen LogP contribution >= 0.6 is 0 Å². The Kier molecular flexibility index (Phi) is 3.96. The van der Waals surface area contributed by atoms with E-state index < -0.39 is 17.4 Å². The van der Waals surface area contributed by atoms with Gasteiger partial charge in [0.05, 0.1) is 11.4 Å². The van der Waals surface area contributed by atoms with Gasteiger partial charge in [0.1, 0.15) is 17.9 Å². The number of aryl methyl sites for hydroxylation is 2. The fourth-order valence-corrected chi connectivity index (χ4v) is 5.83. The number of nitrogens with two attached hydrogens (primary N) is 1. The SMILES string of the molecule is Cc1cccc(C)c1N1C(=O)[C@H]2[C@@H](C1=O)[C@]1([NH2+][C@H]2C(C)C)C(=O)Nc2ccccc21. The third kappa shape index (κ3) is 2.20. The van der Waals surface area contributed by atoms with Gasteiger partial charge in [0.25, 0.3) is 5.91 Å². The van der Waals surface area contributed by atoms with Gasteiger partial charge >= 0.3 is 0 Å². The molecule has 4 atom stereocenters. The predicted octanol–water partition coefficient (Wildman–Crippen LogP) is 1.86. The summed E-state index contributed by atoms with van der Waals surface area (Å²) in [5.74, 6) is -1.79. The maximum Gasteiger partial charge on any atom is 0.291 e. The molecule has 2 fully saturated rings. The topological polar surface area (TPSA) is 83.1 Å². The molecule has 3 N–H and O–H groups in total. The first kappa shape index (κ1) is 19.0. The molecule has 0 unspecified atom stereocenters. The van der Waals surface area contributed by atoms with Gasteiger partial charge < -0.3 is 10.6 Å². The molecule has 3 aliphatic rings. The highest BCUT2D eigenvalue weighted by Gasteiger charge is 2.74. The van der Waals surface area contributed by atoms with E-state index in [2.05, 4.69) is 19.2 Å². The molecule has 3 aliphatic heterocycles. The Balaban J connectivity index is 1.72. The standard InChI is InChI=1S/C24H25N3O3/c1-12(2)19-17-18(24(26-19)15-10-5-6-11-16(15)25-23(24)30)22(29)27(21(17)28)20-13(3)8-7-9-14(20)4/h5-12,17-19,26H,1-4H3,(H,25,30)/p+1/t17-,18-,19-,24-/m0/s1. The Hall–Kier alpha value is -2.99. The van der Waals surface area contributed by atoms with E-state index in [4.69, 9.17) is 0 Å². The minimum absolute atomic E-state index is 0.132. The summed E-state index contributed by atoms with van der Waals surface area (Å²) < 4.78 is 0. The van der Waals surface area contributed by atoms with E-state index >= 15 is 0 Å². The number of amides is 3. The number of imide groups is 1. The van der Waals surface area contributed by atoms with Crippen LogP contribution in [0.3, 0.4) is 0 Å². The summed E-state index contributed by atoms with van der Waals surface area (Å²) in [6, 6.07) is 13.1. The third-order valence-corrected chi connectivity index (χ3v) is 7.14. The van der Waals surface area contributed by atoms with Gasteiger partial charge in [-0.2, -0.15) is 0 Å². The summed E-state index contributed by atoms with van der Waals surface area (Å²) in [5, 5.41) is 4.95. The van der Waals surface area contributed by atoms with Crippen molar-refractivity contribution in [2.24, 2.45) is 17.8 Å². The van der Waals surface area contributed by atoms with Gasteiger partial charge in [-0.1, -0.05) is 50.2 Å². The molecule has 30 heavy (non-hydrogen) atoms. The zero-order chi connectivity index (χ0) is 21.4. The smallest absolute Gasteiger partial charge is 0.291 e. The molecule has 0 aliphatic carbocycles. The number of carbonyl (C=O) groups excluding carboxylic acids is 3. The summed E-state index contributed by atoms with van der Waals surface area (Å²) >= 11 is 0. The fraction of sp³-hybridized carbons (Fsp3) is 0.375. The fourth-order valence-electron chi connectivity index (χ4n) is 5.83. The van der Waals surface area contributed by atoms with Crippen molar-refractivity contribution >= 4 is 29.1 Å². The Morgan fingerprint density at radius 3 is 2.30 bits per heavy atom. The van der Waals surface area contributed by atoms with Crippen LogP contribution in [0.25, 0.3) is 0 Å². The van der Waals surface area contributed by atoms with E-state index in [9.17, 15) is 14.4 Å². The van der Waals surface area contributed by atoms with Gasteiger partial charge in [0, 0.05) is 11.5 Å². The molecule has 0 bridgehead atoms. The van der Waals surface area contributed by atoms with Crippen molar-refractivity contribution in [1.82, 2.24) is 0 Å². The number of carbonyl (C=O) groups is 3. The normalized spacial score (nSPS) is 29.7. The Labute approximate surface area is 175 Å². The Bertz CT molecular complexity index is 1090. The van der Waals surface area contributed by atoms with Gasteiger partial charge in [-0.15, -0.1) is 0 Å². The van der Waals surface area contributed by atoms with Crippen LogP contribution in [0.1, 0.15) is 30.5 Å². The molecule has 3 amide bonds. The number of hydrogen-bond donors (Lipinski definition) is 2. The number of benzene rings is 2. The highest BCUT2D eigenvalue weighted by atomic mass is 16.2. The van der Waals surface area contributed by atoms with Crippen molar-refractivity contribution in [3.05, 3.63) is 59.2 Å². The van der Waals surface area contributed by atoms with Crippen molar-refractivity contribution in [2.75, 3.05) is 10.2 Å². The molecular weight excluding hydrogens is 378 g/mol. The number of nitrogens with one attached hydrogen (secondary N) is 1. The molecule has 0 saturated carbocycles. The second-order valence-corrected chi connectivity index (χ2v) is 9.11. The molecule has 6 heteroatoms. The summed E-state index contributed by atoms with van der Waals surface area (Å²) in [6.45, 7) is 7.93. The number of nitrogens with zero attached hydrogens (tertiary/aromatic N) is 1. The van der Waals surface area contributed by atoms with Crippen molar-refractivity contribution in [2.45, 2.75) is 39.3 Å². The number of para-hydroxylation sites is 2. The van der Waals surface area contributed by atoms with Gasteiger partial charge in [-0.25, -0.2) is 4.90 Å². The zero-order valence-electron chi connectivity index (χ0n) is 17.6.